The minimum absolute atomic E-state index is 0.174. The van der Waals surface area contributed by atoms with Crippen LogP contribution in [0.15, 0.2) is 15.9 Å². The lowest BCUT2D eigenvalue weighted by Crippen LogP contribution is -2.21. The van der Waals surface area contributed by atoms with E-state index in [0.29, 0.717) is 0 Å². The summed E-state index contributed by atoms with van der Waals surface area (Å²) in [7, 11) is -11.7. The molecule has 156 valence electrons. The van der Waals surface area contributed by atoms with E-state index < -0.39 is 86.9 Å². The quantitative estimate of drug-likeness (QED) is 0.230. The zero-order valence-corrected chi connectivity index (χ0v) is 15.0. The van der Waals surface area contributed by atoms with Crippen LogP contribution in [0.5, 0.6) is 11.5 Å². The first-order valence-electron chi connectivity index (χ1n) is 6.75. The number of benzene rings is 2. The highest BCUT2D eigenvalue weighted by molar-refractivity contribution is 7.89. The van der Waals surface area contributed by atoms with E-state index in [9.17, 15) is 65.9 Å². The number of carboxylic acids is 3. The highest BCUT2D eigenvalue weighted by atomic mass is 32.2. The van der Waals surface area contributed by atoms with Gasteiger partial charge in [-0.25, -0.2) is 14.4 Å². The van der Waals surface area contributed by atoms with Crippen LogP contribution in [0.1, 0.15) is 31.1 Å². The smallest absolute Gasteiger partial charge is 0.340 e. The number of hydrogen-bond acceptors (Lipinski definition) is 9. The second-order valence-corrected chi connectivity index (χ2v) is 8.03. The summed E-state index contributed by atoms with van der Waals surface area (Å²) in [6.45, 7) is 0. The van der Waals surface area contributed by atoms with Gasteiger partial charge >= 0.3 is 17.9 Å². The number of fused-ring (bicyclic) bond motifs is 1. The predicted octanol–water partition coefficient (Wildman–Crippen LogP) is -0.161. The third kappa shape index (κ3) is 3.40. The van der Waals surface area contributed by atoms with Gasteiger partial charge in [0.05, 0.1) is 11.1 Å². The van der Waals surface area contributed by atoms with Gasteiger partial charge in [-0.05, 0) is 6.07 Å². The molecule has 2 rings (SSSR count). The molecule has 0 aromatic heterocycles. The van der Waals surface area contributed by atoms with Crippen molar-refractivity contribution in [2.24, 2.45) is 0 Å². The first kappa shape index (κ1) is 21.8. The lowest BCUT2D eigenvalue weighted by atomic mass is 9.93. The van der Waals surface area contributed by atoms with Crippen molar-refractivity contribution >= 4 is 48.9 Å². The van der Waals surface area contributed by atoms with Crippen LogP contribution in [0, 0.1) is 0 Å². The van der Waals surface area contributed by atoms with Crippen LogP contribution >= 0.6 is 0 Å². The minimum Gasteiger partial charge on any atom is -0.504 e. The van der Waals surface area contributed by atoms with Crippen molar-refractivity contribution < 1.29 is 65.9 Å². The Balaban J connectivity index is 3.66. The highest BCUT2D eigenvalue weighted by Crippen LogP contribution is 2.44. The van der Waals surface area contributed by atoms with Crippen molar-refractivity contribution in [3.63, 3.8) is 0 Å². The number of phenolic OH excluding ortho intramolecular Hbond substituents is 1. The Morgan fingerprint density at radius 2 is 1.10 bits per heavy atom. The first-order chi connectivity index (χ1) is 13.0. The molecular formula is C13H8O14S2. The zero-order chi connectivity index (χ0) is 22.6. The molecule has 0 aliphatic carbocycles. The van der Waals surface area contributed by atoms with Gasteiger partial charge in [0, 0.05) is 10.8 Å². The van der Waals surface area contributed by atoms with Gasteiger partial charge in [0.25, 0.3) is 20.2 Å². The van der Waals surface area contributed by atoms with Crippen LogP contribution in [0.3, 0.4) is 0 Å². The lowest BCUT2D eigenvalue weighted by molar-refractivity contribution is 0.0648. The summed E-state index contributed by atoms with van der Waals surface area (Å²) in [6.07, 6.45) is 0. The number of hydrogen-bond donors (Lipinski definition) is 7. The number of carboxylic acid groups (broad SMARTS) is 3. The molecule has 0 aliphatic rings. The van der Waals surface area contributed by atoms with Gasteiger partial charge < -0.3 is 25.5 Å². The van der Waals surface area contributed by atoms with E-state index in [2.05, 4.69) is 0 Å². The molecule has 0 spiro atoms. The van der Waals surface area contributed by atoms with Crippen molar-refractivity contribution in [3.8, 4) is 11.5 Å². The van der Waals surface area contributed by atoms with Gasteiger partial charge in [0.1, 0.15) is 15.4 Å². The number of phenols is 2. The Bertz CT molecular complexity index is 1330. The van der Waals surface area contributed by atoms with Crippen LogP contribution < -0.4 is 0 Å². The van der Waals surface area contributed by atoms with E-state index in [4.69, 9.17) is 0 Å². The average molecular weight is 452 g/mol. The maximum Gasteiger partial charge on any atom is 0.340 e. The first-order valence-corrected chi connectivity index (χ1v) is 9.63. The summed E-state index contributed by atoms with van der Waals surface area (Å²) >= 11 is 0. The van der Waals surface area contributed by atoms with Crippen molar-refractivity contribution in [1.82, 2.24) is 0 Å². The van der Waals surface area contributed by atoms with Crippen molar-refractivity contribution in [1.29, 1.82) is 0 Å². The van der Waals surface area contributed by atoms with Crippen LogP contribution in [-0.4, -0.2) is 69.4 Å². The second kappa shape index (κ2) is 6.55. The Hall–Kier alpha value is -3.47. The zero-order valence-electron chi connectivity index (χ0n) is 13.4. The van der Waals surface area contributed by atoms with Gasteiger partial charge in [-0.3, -0.25) is 9.11 Å². The summed E-state index contributed by atoms with van der Waals surface area (Å²) in [4.78, 5) is 30.7. The van der Waals surface area contributed by atoms with Gasteiger partial charge in [-0.2, -0.15) is 16.8 Å². The minimum atomic E-state index is -5.87. The van der Waals surface area contributed by atoms with E-state index >= 15 is 0 Å². The fourth-order valence-electron chi connectivity index (χ4n) is 2.70. The molecule has 0 unspecified atom stereocenters. The number of rotatable bonds is 5. The Kier molecular flexibility index (Phi) is 4.93. The van der Waals surface area contributed by atoms with Crippen LogP contribution in [0.2, 0.25) is 0 Å². The fraction of sp³-hybridized carbons (Fsp3) is 0. The highest BCUT2D eigenvalue weighted by Gasteiger charge is 2.40. The molecule has 14 nitrogen and oxygen atoms in total. The molecule has 16 heteroatoms. The Labute approximate surface area is 159 Å². The van der Waals surface area contributed by atoms with Crippen molar-refractivity contribution in [3.05, 3.63) is 22.8 Å². The normalized spacial score (nSPS) is 12.1. The third-order valence-electron chi connectivity index (χ3n) is 3.62. The van der Waals surface area contributed by atoms with Gasteiger partial charge in [0.2, 0.25) is 0 Å². The van der Waals surface area contributed by atoms with Gasteiger partial charge in [-0.1, -0.05) is 0 Å². The molecular weight excluding hydrogens is 444 g/mol. The molecule has 0 bridgehead atoms. The maximum absolute atomic E-state index is 11.8. The van der Waals surface area contributed by atoms with E-state index in [1.807, 2.05) is 0 Å². The summed E-state index contributed by atoms with van der Waals surface area (Å²) in [5, 5.41) is 44.7. The summed E-state index contributed by atoms with van der Waals surface area (Å²) in [5.41, 5.74) is -5.07. The molecule has 0 saturated carbocycles. The van der Waals surface area contributed by atoms with Crippen LogP contribution in [-0.2, 0) is 20.2 Å². The molecule has 0 radical (unpaired) electrons. The Morgan fingerprint density at radius 3 is 1.45 bits per heavy atom. The van der Waals surface area contributed by atoms with E-state index in [-0.39, 0.29) is 6.07 Å². The van der Waals surface area contributed by atoms with E-state index in [1.165, 1.54) is 0 Å². The Morgan fingerprint density at radius 1 is 0.690 bits per heavy atom. The van der Waals surface area contributed by atoms with E-state index in [1.54, 1.807) is 0 Å². The lowest BCUT2D eigenvalue weighted by Gasteiger charge is -2.18. The fourth-order valence-corrected chi connectivity index (χ4v) is 4.90. The maximum atomic E-state index is 11.8. The molecule has 7 N–H and O–H groups in total. The topological polar surface area (TPSA) is 261 Å². The molecule has 0 saturated heterocycles. The molecule has 0 aliphatic heterocycles. The monoisotopic (exact) mass is 452 g/mol. The van der Waals surface area contributed by atoms with Gasteiger partial charge in [0.15, 0.2) is 11.5 Å². The molecule has 2 aromatic carbocycles. The van der Waals surface area contributed by atoms with E-state index in [0.717, 1.165) is 0 Å². The van der Waals surface area contributed by atoms with Crippen molar-refractivity contribution in [2.45, 2.75) is 9.79 Å². The molecule has 0 heterocycles. The third-order valence-corrected chi connectivity index (χ3v) is 5.61. The average Bonchev–Trinajstić information content (AvgIpc) is 2.51. The molecule has 0 amide bonds. The summed E-state index contributed by atoms with van der Waals surface area (Å²) in [6, 6.07) is 0.174. The van der Waals surface area contributed by atoms with Gasteiger partial charge in [-0.15, -0.1) is 0 Å². The standard InChI is InChI=1S/C13H8O14S2/c14-3-1-2-4(6(8(3)15)12(18)19)5(11(16)17)7(13(20)21)10(29(25,26)27)9(2)28(22,23)24/h1,14-15H,(H,16,17)(H,18,19)(H,20,21)(H,22,23,24)(H,25,26,27). The predicted molar refractivity (Wildman–Crippen MR) is 87.8 cm³/mol. The molecule has 0 atom stereocenters. The van der Waals surface area contributed by atoms with Crippen LogP contribution in [0.25, 0.3) is 10.8 Å². The summed E-state index contributed by atoms with van der Waals surface area (Å²) in [5.74, 6) is -9.81. The SMILES string of the molecule is O=C(O)c1c(S(=O)(=O)O)c(S(=O)(=O)O)c2cc(O)c(O)c(C(=O)O)c2c1C(=O)O. The number of aromatic carboxylic acids is 3. The second-order valence-electron chi connectivity index (χ2n) is 5.32. The largest absolute Gasteiger partial charge is 0.504 e. The van der Waals surface area contributed by atoms with Crippen LogP contribution in [0.4, 0.5) is 0 Å². The number of aromatic hydroxyl groups is 2. The number of carbonyl (C=O) groups is 3. The molecule has 2 aromatic rings. The summed E-state index contributed by atoms with van der Waals surface area (Å²) < 4.78 is 65.8. The van der Waals surface area contributed by atoms with Crippen molar-refractivity contribution in [2.75, 3.05) is 0 Å². The molecule has 29 heavy (non-hydrogen) atoms. The molecule has 0 fully saturated rings.